The Morgan fingerprint density at radius 2 is 2.16 bits per heavy atom. The summed E-state index contributed by atoms with van der Waals surface area (Å²) in [7, 11) is 0. The molecule has 4 nitrogen and oxygen atoms in total. The van der Waals surface area contributed by atoms with Gasteiger partial charge in [-0.25, -0.2) is 9.18 Å². The van der Waals surface area contributed by atoms with E-state index in [-0.39, 0.29) is 16.4 Å². The highest BCUT2D eigenvalue weighted by molar-refractivity contribution is 8.13. The predicted octanol–water partition coefficient (Wildman–Crippen LogP) is 2.79. The SMILES string of the molecule is CC(=O)SCCC=Cc1cc(F)cc(C(=O)O)c1N. The van der Waals surface area contributed by atoms with Crippen molar-refractivity contribution in [2.24, 2.45) is 0 Å². The fourth-order valence-electron chi connectivity index (χ4n) is 1.43. The molecule has 102 valence electrons. The molecule has 3 N–H and O–H groups in total. The van der Waals surface area contributed by atoms with Gasteiger partial charge >= 0.3 is 5.97 Å². The van der Waals surface area contributed by atoms with Gasteiger partial charge in [0.1, 0.15) is 5.82 Å². The van der Waals surface area contributed by atoms with Crippen LogP contribution in [0.2, 0.25) is 0 Å². The third kappa shape index (κ3) is 4.75. The number of carboxylic acid groups (broad SMARTS) is 1. The third-order valence-corrected chi connectivity index (χ3v) is 3.14. The second-order valence-electron chi connectivity index (χ2n) is 3.79. The number of allylic oxidation sites excluding steroid dienone is 1. The number of carboxylic acids is 1. The number of hydrogen-bond acceptors (Lipinski definition) is 4. The van der Waals surface area contributed by atoms with E-state index >= 15 is 0 Å². The Kier molecular flexibility index (Phi) is 5.57. The highest BCUT2D eigenvalue weighted by atomic mass is 32.2. The molecule has 0 spiro atoms. The van der Waals surface area contributed by atoms with Crippen LogP contribution in [0.1, 0.15) is 29.3 Å². The molecule has 0 unspecified atom stereocenters. The lowest BCUT2D eigenvalue weighted by molar-refractivity contribution is -0.109. The number of nitrogen functional groups attached to an aromatic ring is 1. The number of aromatic carboxylic acids is 1. The van der Waals surface area contributed by atoms with Crippen LogP contribution in [-0.4, -0.2) is 21.9 Å². The van der Waals surface area contributed by atoms with Crippen molar-refractivity contribution in [3.8, 4) is 0 Å². The summed E-state index contributed by atoms with van der Waals surface area (Å²) in [6, 6.07) is 2.07. The van der Waals surface area contributed by atoms with Crippen molar-refractivity contribution in [1.29, 1.82) is 0 Å². The van der Waals surface area contributed by atoms with Crippen LogP contribution in [0.25, 0.3) is 6.08 Å². The first-order valence-corrected chi connectivity index (χ1v) is 6.52. The molecule has 1 aromatic rings. The van der Waals surface area contributed by atoms with Crippen molar-refractivity contribution in [3.63, 3.8) is 0 Å². The van der Waals surface area contributed by atoms with Crippen LogP contribution in [0.5, 0.6) is 0 Å². The molecule has 0 heterocycles. The van der Waals surface area contributed by atoms with E-state index in [9.17, 15) is 14.0 Å². The summed E-state index contributed by atoms with van der Waals surface area (Å²) in [5, 5.41) is 8.91. The van der Waals surface area contributed by atoms with Crippen molar-refractivity contribution < 1.29 is 19.1 Å². The summed E-state index contributed by atoms with van der Waals surface area (Å²) < 4.78 is 13.2. The van der Waals surface area contributed by atoms with E-state index in [4.69, 9.17) is 10.8 Å². The lowest BCUT2D eigenvalue weighted by Gasteiger charge is -2.05. The molecule has 0 saturated carbocycles. The Bertz CT molecular complexity index is 529. The van der Waals surface area contributed by atoms with Gasteiger partial charge < -0.3 is 10.8 Å². The Balaban J connectivity index is 2.80. The summed E-state index contributed by atoms with van der Waals surface area (Å²) in [6.45, 7) is 1.48. The molecule has 0 bridgehead atoms. The maximum Gasteiger partial charge on any atom is 0.337 e. The van der Waals surface area contributed by atoms with Gasteiger partial charge in [0.05, 0.1) is 11.3 Å². The van der Waals surface area contributed by atoms with Crippen molar-refractivity contribution in [2.45, 2.75) is 13.3 Å². The molecule has 0 radical (unpaired) electrons. The van der Waals surface area contributed by atoms with Gasteiger partial charge in [0.2, 0.25) is 0 Å². The fourth-order valence-corrected chi connectivity index (χ4v) is 1.98. The molecule has 0 aliphatic heterocycles. The lowest BCUT2D eigenvalue weighted by Crippen LogP contribution is -2.05. The van der Waals surface area contributed by atoms with Gasteiger partial charge in [-0.15, -0.1) is 0 Å². The summed E-state index contributed by atoms with van der Waals surface area (Å²) in [5.41, 5.74) is 5.76. The largest absolute Gasteiger partial charge is 0.478 e. The maximum absolute atomic E-state index is 13.2. The molecule has 1 aromatic carbocycles. The van der Waals surface area contributed by atoms with Crippen molar-refractivity contribution in [2.75, 3.05) is 11.5 Å². The Labute approximate surface area is 114 Å². The molecule has 0 amide bonds. The molecule has 1 rings (SSSR count). The van der Waals surface area contributed by atoms with E-state index in [1.165, 1.54) is 24.8 Å². The topological polar surface area (TPSA) is 80.4 Å². The number of thioether (sulfide) groups is 1. The normalized spacial score (nSPS) is 10.8. The number of halogens is 1. The zero-order chi connectivity index (χ0) is 14.4. The molecule has 0 fully saturated rings. The Hall–Kier alpha value is -1.82. The summed E-state index contributed by atoms with van der Waals surface area (Å²) in [5.74, 6) is -1.30. The smallest absolute Gasteiger partial charge is 0.337 e. The Morgan fingerprint density at radius 3 is 2.74 bits per heavy atom. The quantitative estimate of drug-likeness (QED) is 0.641. The highest BCUT2D eigenvalue weighted by Crippen LogP contribution is 2.21. The zero-order valence-electron chi connectivity index (χ0n) is 10.4. The number of anilines is 1. The van der Waals surface area contributed by atoms with Gasteiger partial charge in [0.25, 0.3) is 0 Å². The van der Waals surface area contributed by atoms with E-state index in [2.05, 4.69) is 0 Å². The van der Waals surface area contributed by atoms with Crippen LogP contribution < -0.4 is 5.73 Å². The molecule has 0 aliphatic carbocycles. The molecule has 19 heavy (non-hydrogen) atoms. The first kappa shape index (κ1) is 15.2. The number of hydrogen-bond donors (Lipinski definition) is 2. The molecule has 6 heteroatoms. The second kappa shape index (κ2) is 6.94. The van der Waals surface area contributed by atoms with Gasteiger partial charge in [-0.05, 0) is 18.6 Å². The van der Waals surface area contributed by atoms with E-state index in [1.807, 2.05) is 0 Å². The van der Waals surface area contributed by atoms with Crippen molar-refractivity contribution in [1.82, 2.24) is 0 Å². The standard InChI is InChI=1S/C13H14FNO3S/c1-8(16)19-5-3-2-4-9-6-10(14)7-11(12(9)15)13(17)18/h2,4,6-7H,3,5,15H2,1H3,(H,17,18). The minimum Gasteiger partial charge on any atom is -0.478 e. The van der Waals surface area contributed by atoms with E-state index < -0.39 is 11.8 Å². The predicted molar refractivity (Wildman–Crippen MR) is 74.6 cm³/mol. The van der Waals surface area contributed by atoms with Gasteiger partial charge in [-0.1, -0.05) is 23.9 Å². The molecule has 0 atom stereocenters. The minimum atomic E-state index is -1.27. The number of rotatable bonds is 5. The second-order valence-corrected chi connectivity index (χ2v) is 5.06. The first-order chi connectivity index (χ1) is 8.91. The monoisotopic (exact) mass is 283 g/mol. The molecular weight excluding hydrogens is 269 g/mol. The maximum atomic E-state index is 13.2. The fraction of sp³-hybridized carbons (Fsp3) is 0.231. The third-order valence-electron chi connectivity index (χ3n) is 2.29. The van der Waals surface area contributed by atoms with Crippen LogP contribution in [0.15, 0.2) is 18.2 Å². The number of carbonyl (C=O) groups excluding carboxylic acids is 1. The van der Waals surface area contributed by atoms with Gasteiger partial charge in [-0.2, -0.15) is 0 Å². The molecule has 0 aromatic heterocycles. The van der Waals surface area contributed by atoms with Gasteiger partial charge in [0.15, 0.2) is 5.12 Å². The van der Waals surface area contributed by atoms with E-state index in [0.29, 0.717) is 17.7 Å². The Morgan fingerprint density at radius 1 is 1.47 bits per heavy atom. The van der Waals surface area contributed by atoms with Crippen LogP contribution in [0.4, 0.5) is 10.1 Å². The van der Waals surface area contributed by atoms with E-state index in [0.717, 1.165) is 6.07 Å². The average molecular weight is 283 g/mol. The van der Waals surface area contributed by atoms with Crippen LogP contribution in [0.3, 0.4) is 0 Å². The lowest BCUT2D eigenvalue weighted by atomic mass is 10.1. The average Bonchev–Trinajstić information content (AvgIpc) is 2.31. The first-order valence-electron chi connectivity index (χ1n) is 5.54. The highest BCUT2D eigenvalue weighted by Gasteiger charge is 2.12. The van der Waals surface area contributed by atoms with Crippen molar-refractivity contribution in [3.05, 3.63) is 35.2 Å². The van der Waals surface area contributed by atoms with Crippen LogP contribution in [0, 0.1) is 5.82 Å². The number of carbonyl (C=O) groups is 2. The van der Waals surface area contributed by atoms with Gasteiger partial charge in [0, 0.05) is 18.2 Å². The zero-order valence-corrected chi connectivity index (χ0v) is 11.2. The number of benzene rings is 1. The summed E-state index contributed by atoms with van der Waals surface area (Å²) in [4.78, 5) is 21.6. The van der Waals surface area contributed by atoms with Crippen molar-refractivity contribution >= 4 is 34.6 Å². The molecular formula is C13H14FNO3S. The summed E-state index contributed by atoms with van der Waals surface area (Å²) in [6.07, 6.45) is 3.90. The summed E-state index contributed by atoms with van der Waals surface area (Å²) >= 11 is 1.19. The van der Waals surface area contributed by atoms with E-state index in [1.54, 1.807) is 12.2 Å². The van der Waals surface area contributed by atoms with Gasteiger partial charge in [-0.3, -0.25) is 4.79 Å². The van der Waals surface area contributed by atoms with Crippen LogP contribution >= 0.6 is 11.8 Å². The molecule has 0 saturated heterocycles. The molecule has 0 aliphatic rings. The minimum absolute atomic E-state index is 0.0318. The number of nitrogens with two attached hydrogens (primary N) is 1. The van der Waals surface area contributed by atoms with Crippen LogP contribution in [-0.2, 0) is 4.79 Å².